The molecule has 4 rings (SSSR count). The molecule has 4 aromatic rings. The first kappa shape index (κ1) is 29.3. The van der Waals surface area contributed by atoms with Crippen molar-refractivity contribution in [2.75, 3.05) is 14.2 Å². The highest BCUT2D eigenvalue weighted by Gasteiger charge is 2.11. The SMILES string of the molecule is COc1cc(/C=C/C(=O)Oc2ccc(/C=C(\C#N)c3ccc(Cl)cc3)cc2OC)ccc1OCc1ccc(Cl)cc1. The van der Waals surface area contributed by atoms with E-state index < -0.39 is 5.97 Å². The van der Waals surface area contributed by atoms with E-state index in [9.17, 15) is 10.1 Å². The van der Waals surface area contributed by atoms with Crippen LogP contribution in [0, 0.1) is 11.3 Å². The van der Waals surface area contributed by atoms with Gasteiger partial charge in [0.15, 0.2) is 23.0 Å². The van der Waals surface area contributed by atoms with Crippen LogP contribution >= 0.6 is 23.2 Å². The second-order valence-electron chi connectivity index (χ2n) is 8.67. The van der Waals surface area contributed by atoms with Gasteiger partial charge in [0.05, 0.1) is 25.9 Å². The average Bonchev–Trinajstić information content (AvgIpc) is 2.99. The molecule has 0 aliphatic rings. The van der Waals surface area contributed by atoms with Crippen LogP contribution in [0.1, 0.15) is 22.3 Å². The number of nitrogens with zero attached hydrogens (tertiary/aromatic N) is 1. The Morgan fingerprint density at radius 3 is 2.02 bits per heavy atom. The van der Waals surface area contributed by atoms with Gasteiger partial charge in [0.25, 0.3) is 0 Å². The maximum atomic E-state index is 12.6. The standard InChI is InChI=1S/C33H25Cl2NO5/c1-38-31-18-22(5-14-29(31)40-21-23-3-10-27(34)11-4-23)7-16-33(37)41-30-15-6-24(19-32(30)39-2)17-26(20-36)25-8-12-28(35)13-9-25/h3-19H,21H2,1-2H3/b16-7+,26-17+. The third-order valence-corrected chi connectivity index (χ3v) is 6.40. The lowest BCUT2D eigenvalue weighted by Crippen LogP contribution is -2.05. The van der Waals surface area contributed by atoms with E-state index in [1.165, 1.54) is 13.2 Å². The van der Waals surface area contributed by atoms with E-state index in [1.54, 1.807) is 92.1 Å². The first-order valence-electron chi connectivity index (χ1n) is 12.4. The highest BCUT2D eigenvalue weighted by molar-refractivity contribution is 6.30. The number of carbonyl (C=O) groups is 1. The maximum Gasteiger partial charge on any atom is 0.336 e. The minimum Gasteiger partial charge on any atom is -0.493 e. The molecule has 4 aromatic carbocycles. The first-order chi connectivity index (χ1) is 19.9. The molecule has 0 saturated carbocycles. The summed E-state index contributed by atoms with van der Waals surface area (Å²) in [5.74, 6) is 1.09. The van der Waals surface area contributed by atoms with Crippen LogP contribution < -0.4 is 18.9 Å². The molecular formula is C33H25Cl2NO5. The van der Waals surface area contributed by atoms with Gasteiger partial charge in [-0.3, -0.25) is 0 Å². The van der Waals surface area contributed by atoms with Crippen molar-refractivity contribution in [3.63, 3.8) is 0 Å². The van der Waals surface area contributed by atoms with Crippen molar-refractivity contribution in [2.45, 2.75) is 6.61 Å². The summed E-state index contributed by atoms with van der Waals surface area (Å²) in [7, 11) is 3.02. The molecular weight excluding hydrogens is 561 g/mol. The summed E-state index contributed by atoms with van der Waals surface area (Å²) >= 11 is 11.9. The van der Waals surface area contributed by atoms with E-state index in [0.717, 1.165) is 16.7 Å². The molecule has 206 valence electrons. The van der Waals surface area contributed by atoms with Crippen LogP contribution in [-0.2, 0) is 11.4 Å². The molecule has 8 heteroatoms. The number of nitriles is 1. The van der Waals surface area contributed by atoms with Crippen molar-refractivity contribution in [1.82, 2.24) is 0 Å². The summed E-state index contributed by atoms with van der Waals surface area (Å²) in [4.78, 5) is 12.6. The van der Waals surface area contributed by atoms with Gasteiger partial charge in [-0.2, -0.15) is 5.26 Å². The molecule has 0 radical (unpaired) electrons. The fourth-order valence-corrected chi connectivity index (χ4v) is 4.04. The maximum absolute atomic E-state index is 12.6. The molecule has 0 N–H and O–H groups in total. The van der Waals surface area contributed by atoms with E-state index in [-0.39, 0.29) is 5.75 Å². The smallest absolute Gasteiger partial charge is 0.336 e. The molecule has 0 atom stereocenters. The summed E-state index contributed by atoms with van der Waals surface area (Å²) < 4.78 is 22.3. The minimum atomic E-state index is -0.590. The number of hydrogen-bond donors (Lipinski definition) is 0. The largest absolute Gasteiger partial charge is 0.493 e. The lowest BCUT2D eigenvalue weighted by molar-refractivity contribution is -0.129. The van der Waals surface area contributed by atoms with Crippen LogP contribution in [-0.4, -0.2) is 20.2 Å². The Labute approximate surface area is 248 Å². The van der Waals surface area contributed by atoms with E-state index >= 15 is 0 Å². The van der Waals surface area contributed by atoms with Crippen LogP contribution in [0.25, 0.3) is 17.7 Å². The first-order valence-corrected chi connectivity index (χ1v) is 13.1. The number of esters is 1. The van der Waals surface area contributed by atoms with Crippen molar-refractivity contribution in [3.8, 4) is 29.1 Å². The monoisotopic (exact) mass is 585 g/mol. The Morgan fingerprint density at radius 1 is 0.780 bits per heavy atom. The molecule has 0 unspecified atom stereocenters. The lowest BCUT2D eigenvalue weighted by Gasteiger charge is -2.11. The van der Waals surface area contributed by atoms with Gasteiger partial charge in [-0.15, -0.1) is 0 Å². The molecule has 0 spiro atoms. The summed E-state index contributed by atoms with van der Waals surface area (Å²) in [6, 6.07) is 26.9. The molecule has 0 fully saturated rings. The van der Waals surface area contributed by atoms with Gasteiger partial charge in [0.1, 0.15) is 6.61 Å². The van der Waals surface area contributed by atoms with Crippen molar-refractivity contribution in [1.29, 1.82) is 5.26 Å². The second-order valence-corrected chi connectivity index (χ2v) is 9.54. The molecule has 0 bridgehead atoms. The quantitative estimate of drug-likeness (QED) is 0.0612. The summed E-state index contributed by atoms with van der Waals surface area (Å²) in [6.07, 6.45) is 4.64. The summed E-state index contributed by atoms with van der Waals surface area (Å²) in [6.45, 7) is 0.352. The predicted octanol–water partition coefficient (Wildman–Crippen LogP) is 8.27. The Kier molecular flexibility index (Phi) is 10.1. The Morgan fingerprint density at radius 2 is 1.37 bits per heavy atom. The number of methoxy groups -OCH3 is 2. The molecule has 6 nitrogen and oxygen atoms in total. The van der Waals surface area contributed by atoms with Gasteiger partial charge in [0, 0.05) is 16.1 Å². The number of ether oxygens (including phenoxy) is 4. The molecule has 41 heavy (non-hydrogen) atoms. The zero-order valence-electron chi connectivity index (χ0n) is 22.3. The third kappa shape index (κ3) is 8.15. The predicted molar refractivity (Wildman–Crippen MR) is 161 cm³/mol. The second kappa shape index (κ2) is 14.1. The Hall–Kier alpha value is -4.70. The molecule has 0 heterocycles. The van der Waals surface area contributed by atoms with E-state index in [4.69, 9.17) is 42.1 Å². The van der Waals surface area contributed by atoms with Crippen LogP contribution in [0.3, 0.4) is 0 Å². The topological polar surface area (TPSA) is 77.8 Å². The normalized spacial score (nSPS) is 11.1. The van der Waals surface area contributed by atoms with Gasteiger partial charge in [-0.1, -0.05) is 59.6 Å². The highest BCUT2D eigenvalue weighted by Crippen LogP contribution is 2.31. The van der Waals surface area contributed by atoms with Crippen LogP contribution in [0.4, 0.5) is 0 Å². The van der Waals surface area contributed by atoms with Gasteiger partial charge in [-0.25, -0.2) is 4.79 Å². The molecule has 0 aromatic heterocycles. The van der Waals surface area contributed by atoms with E-state index in [0.29, 0.717) is 45.0 Å². The number of rotatable bonds is 10. The number of benzene rings is 4. The Bertz CT molecular complexity index is 1620. The van der Waals surface area contributed by atoms with Crippen molar-refractivity contribution in [3.05, 3.63) is 123 Å². The minimum absolute atomic E-state index is 0.243. The molecule has 0 saturated heterocycles. The summed E-state index contributed by atoms with van der Waals surface area (Å²) in [5, 5.41) is 10.9. The van der Waals surface area contributed by atoms with Gasteiger partial charge in [-0.05, 0) is 82.9 Å². The molecule has 0 amide bonds. The number of carbonyl (C=O) groups excluding carboxylic acids is 1. The van der Waals surface area contributed by atoms with Crippen LogP contribution in [0.2, 0.25) is 10.0 Å². The number of hydrogen-bond acceptors (Lipinski definition) is 6. The van der Waals surface area contributed by atoms with Gasteiger partial charge < -0.3 is 18.9 Å². The summed E-state index contributed by atoms with van der Waals surface area (Å²) in [5.41, 5.74) is 3.57. The average molecular weight is 586 g/mol. The van der Waals surface area contributed by atoms with Crippen molar-refractivity contribution in [2.24, 2.45) is 0 Å². The fraction of sp³-hybridized carbons (Fsp3) is 0.0909. The molecule has 0 aliphatic heterocycles. The van der Waals surface area contributed by atoms with Crippen LogP contribution in [0.5, 0.6) is 23.0 Å². The van der Waals surface area contributed by atoms with Crippen molar-refractivity contribution >= 4 is 46.9 Å². The third-order valence-electron chi connectivity index (χ3n) is 5.89. The van der Waals surface area contributed by atoms with E-state index in [2.05, 4.69) is 6.07 Å². The highest BCUT2D eigenvalue weighted by atomic mass is 35.5. The van der Waals surface area contributed by atoms with Gasteiger partial charge in [0.2, 0.25) is 0 Å². The fourth-order valence-electron chi connectivity index (χ4n) is 3.79. The zero-order valence-corrected chi connectivity index (χ0v) is 23.8. The number of allylic oxidation sites excluding steroid dienone is 1. The Balaban J connectivity index is 1.42. The zero-order chi connectivity index (χ0) is 29.2. The molecule has 0 aliphatic carbocycles. The van der Waals surface area contributed by atoms with Crippen molar-refractivity contribution < 1.29 is 23.7 Å². The van der Waals surface area contributed by atoms with E-state index in [1.807, 2.05) is 12.1 Å². The van der Waals surface area contributed by atoms with Crippen LogP contribution in [0.15, 0.2) is 91.0 Å². The van der Waals surface area contributed by atoms with Gasteiger partial charge >= 0.3 is 5.97 Å². The lowest BCUT2D eigenvalue weighted by atomic mass is 10.0. The number of halogens is 2.